The first-order valence-electron chi connectivity index (χ1n) is 8.66. The van der Waals surface area contributed by atoms with Crippen LogP contribution in [0.3, 0.4) is 0 Å². The average Bonchev–Trinajstić information content (AvgIpc) is 2.56. The second kappa shape index (κ2) is 10.0. The van der Waals surface area contributed by atoms with Gasteiger partial charge in [-0.3, -0.25) is 4.79 Å². The van der Waals surface area contributed by atoms with Gasteiger partial charge < -0.3 is 15.4 Å². The SMILES string of the molecule is CCOc1ccc(C(F)(F)F)cc1NC(=O)CC(C)C1CCNCC1.Cl. The molecule has 4 nitrogen and oxygen atoms in total. The molecule has 2 rings (SSSR count). The fourth-order valence-corrected chi connectivity index (χ4v) is 3.16. The van der Waals surface area contributed by atoms with Crippen molar-refractivity contribution in [1.29, 1.82) is 0 Å². The Kier molecular flexibility index (Phi) is 8.70. The Labute approximate surface area is 158 Å². The Morgan fingerprint density at radius 3 is 2.58 bits per heavy atom. The number of ether oxygens (including phenoxy) is 1. The van der Waals surface area contributed by atoms with Gasteiger partial charge in [0.05, 0.1) is 17.9 Å². The molecule has 8 heteroatoms. The summed E-state index contributed by atoms with van der Waals surface area (Å²) in [6.07, 6.45) is -2.15. The summed E-state index contributed by atoms with van der Waals surface area (Å²) in [5.74, 6) is 0.605. The van der Waals surface area contributed by atoms with Gasteiger partial charge in [0.2, 0.25) is 5.91 Å². The van der Waals surface area contributed by atoms with Gasteiger partial charge in [0.25, 0.3) is 0 Å². The standard InChI is InChI=1S/C18H25F3N2O2.ClH/c1-3-25-16-5-4-14(18(19,20)21)11-15(16)23-17(24)10-12(2)13-6-8-22-9-7-13;/h4-5,11-13,22H,3,6-10H2,1-2H3,(H,23,24);1H. The molecule has 0 aromatic heterocycles. The van der Waals surface area contributed by atoms with Crippen LogP contribution < -0.4 is 15.4 Å². The molecule has 1 amide bonds. The van der Waals surface area contributed by atoms with E-state index in [0.717, 1.165) is 38.1 Å². The van der Waals surface area contributed by atoms with Crippen LogP contribution in [0.4, 0.5) is 18.9 Å². The van der Waals surface area contributed by atoms with Crippen LogP contribution in [0.2, 0.25) is 0 Å². The number of amides is 1. The van der Waals surface area contributed by atoms with Crippen LogP contribution in [0.1, 0.15) is 38.7 Å². The minimum atomic E-state index is -4.47. The van der Waals surface area contributed by atoms with E-state index in [9.17, 15) is 18.0 Å². The minimum Gasteiger partial charge on any atom is -0.492 e. The number of carbonyl (C=O) groups is 1. The summed E-state index contributed by atoms with van der Waals surface area (Å²) in [7, 11) is 0. The summed E-state index contributed by atoms with van der Waals surface area (Å²) < 4.78 is 44.1. The number of piperidine rings is 1. The van der Waals surface area contributed by atoms with E-state index in [1.54, 1.807) is 6.92 Å². The van der Waals surface area contributed by atoms with Crippen molar-refractivity contribution in [3.05, 3.63) is 23.8 Å². The van der Waals surface area contributed by atoms with E-state index in [1.165, 1.54) is 6.07 Å². The van der Waals surface area contributed by atoms with Crippen LogP contribution in [0.15, 0.2) is 18.2 Å². The van der Waals surface area contributed by atoms with Crippen LogP contribution in [0.5, 0.6) is 5.75 Å². The first kappa shape index (κ1) is 22.6. The van der Waals surface area contributed by atoms with E-state index < -0.39 is 11.7 Å². The van der Waals surface area contributed by atoms with Crippen molar-refractivity contribution in [2.45, 2.75) is 39.3 Å². The second-order valence-electron chi connectivity index (χ2n) is 6.46. The van der Waals surface area contributed by atoms with Crippen molar-refractivity contribution >= 4 is 24.0 Å². The predicted molar refractivity (Wildman–Crippen MR) is 97.9 cm³/mol. The first-order valence-corrected chi connectivity index (χ1v) is 8.66. The van der Waals surface area contributed by atoms with Crippen LogP contribution in [0.25, 0.3) is 0 Å². The largest absolute Gasteiger partial charge is 0.492 e. The number of benzene rings is 1. The average molecular weight is 395 g/mol. The van der Waals surface area contributed by atoms with Crippen molar-refractivity contribution in [1.82, 2.24) is 5.32 Å². The molecule has 0 bridgehead atoms. The molecule has 1 aromatic carbocycles. The van der Waals surface area contributed by atoms with Gasteiger partial charge in [-0.1, -0.05) is 6.92 Å². The van der Waals surface area contributed by atoms with Crippen LogP contribution >= 0.6 is 12.4 Å². The molecule has 1 unspecified atom stereocenters. The Bertz CT molecular complexity index is 590. The molecule has 1 aliphatic rings. The zero-order valence-corrected chi connectivity index (χ0v) is 15.8. The number of hydrogen-bond donors (Lipinski definition) is 2. The molecule has 1 aliphatic heterocycles. The Morgan fingerprint density at radius 2 is 2.00 bits per heavy atom. The predicted octanol–water partition coefficient (Wildman–Crippen LogP) is 4.49. The van der Waals surface area contributed by atoms with Crippen molar-refractivity contribution in [2.75, 3.05) is 25.0 Å². The smallest absolute Gasteiger partial charge is 0.416 e. The lowest BCUT2D eigenvalue weighted by atomic mass is 9.84. The molecule has 0 spiro atoms. The van der Waals surface area contributed by atoms with Gasteiger partial charge >= 0.3 is 6.18 Å². The Balaban J connectivity index is 0.00000338. The van der Waals surface area contributed by atoms with Crippen LogP contribution in [-0.4, -0.2) is 25.6 Å². The molecule has 1 fully saturated rings. The maximum absolute atomic E-state index is 12.9. The number of carbonyl (C=O) groups excluding carboxylic acids is 1. The molecular weight excluding hydrogens is 369 g/mol. The molecule has 1 heterocycles. The fourth-order valence-electron chi connectivity index (χ4n) is 3.16. The topological polar surface area (TPSA) is 50.4 Å². The van der Waals surface area contributed by atoms with E-state index in [1.807, 2.05) is 6.92 Å². The molecule has 1 atom stereocenters. The van der Waals surface area contributed by atoms with E-state index in [4.69, 9.17) is 4.74 Å². The number of hydrogen-bond acceptors (Lipinski definition) is 3. The first-order chi connectivity index (χ1) is 11.8. The van der Waals surface area contributed by atoms with Gasteiger partial charge in [-0.15, -0.1) is 12.4 Å². The number of rotatable bonds is 6. The summed E-state index contributed by atoms with van der Waals surface area (Å²) in [6, 6.07) is 3.13. The van der Waals surface area contributed by atoms with Gasteiger partial charge in [0.15, 0.2) is 0 Å². The highest BCUT2D eigenvalue weighted by Crippen LogP contribution is 2.35. The third-order valence-corrected chi connectivity index (χ3v) is 4.58. The Hall–Kier alpha value is -1.47. The van der Waals surface area contributed by atoms with Gasteiger partial charge in [-0.25, -0.2) is 0 Å². The molecule has 148 valence electrons. The molecule has 1 aromatic rings. The highest BCUT2D eigenvalue weighted by molar-refractivity contribution is 5.92. The number of alkyl halides is 3. The summed E-state index contributed by atoms with van der Waals surface area (Å²) in [5, 5.41) is 5.88. The monoisotopic (exact) mass is 394 g/mol. The summed E-state index contributed by atoms with van der Waals surface area (Å²) in [6.45, 7) is 5.95. The molecule has 0 aliphatic carbocycles. The van der Waals surface area contributed by atoms with Gasteiger partial charge in [0.1, 0.15) is 5.75 Å². The summed E-state index contributed by atoms with van der Waals surface area (Å²) in [5.41, 5.74) is -0.739. The number of nitrogens with one attached hydrogen (secondary N) is 2. The lowest BCUT2D eigenvalue weighted by Gasteiger charge is -2.28. The second-order valence-corrected chi connectivity index (χ2v) is 6.46. The fraction of sp³-hybridized carbons (Fsp3) is 0.611. The van der Waals surface area contributed by atoms with Crippen molar-refractivity contribution < 1.29 is 22.7 Å². The third-order valence-electron chi connectivity index (χ3n) is 4.58. The highest BCUT2D eigenvalue weighted by Gasteiger charge is 2.31. The molecule has 0 saturated carbocycles. The quantitative estimate of drug-likeness (QED) is 0.747. The molecule has 2 N–H and O–H groups in total. The normalized spacial score (nSPS) is 16.5. The zero-order valence-electron chi connectivity index (χ0n) is 15.0. The third kappa shape index (κ3) is 6.36. The lowest BCUT2D eigenvalue weighted by molar-refractivity contribution is -0.137. The number of halogens is 4. The maximum Gasteiger partial charge on any atom is 0.416 e. The zero-order chi connectivity index (χ0) is 18.4. The molecule has 26 heavy (non-hydrogen) atoms. The Morgan fingerprint density at radius 1 is 1.35 bits per heavy atom. The van der Waals surface area contributed by atoms with Gasteiger partial charge in [0, 0.05) is 6.42 Å². The minimum absolute atomic E-state index is 0. The molecule has 0 radical (unpaired) electrons. The van der Waals surface area contributed by atoms with Crippen LogP contribution in [-0.2, 0) is 11.0 Å². The van der Waals surface area contributed by atoms with Crippen molar-refractivity contribution in [3.8, 4) is 5.75 Å². The highest BCUT2D eigenvalue weighted by atomic mass is 35.5. The van der Waals surface area contributed by atoms with E-state index in [2.05, 4.69) is 10.6 Å². The van der Waals surface area contributed by atoms with E-state index in [0.29, 0.717) is 12.5 Å². The van der Waals surface area contributed by atoms with E-state index >= 15 is 0 Å². The van der Waals surface area contributed by atoms with Crippen molar-refractivity contribution in [2.24, 2.45) is 11.8 Å². The van der Waals surface area contributed by atoms with E-state index in [-0.39, 0.29) is 42.1 Å². The lowest BCUT2D eigenvalue weighted by Crippen LogP contribution is -2.32. The van der Waals surface area contributed by atoms with Crippen molar-refractivity contribution in [3.63, 3.8) is 0 Å². The molecular formula is C18H26ClF3N2O2. The summed E-state index contributed by atoms with van der Waals surface area (Å²) >= 11 is 0. The molecule has 1 saturated heterocycles. The van der Waals surface area contributed by atoms with Gasteiger partial charge in [-0.05, 0) is 62.9 Å². The van der Waals surface area contributed by atoms with Crippen LogP contribution in [0, 0.1) is 11.8 Å². The number of anilines is 1. The summed E-state index contributed by atoms with van der Waals surface area (Å²) in [4.78, 5) is 12.3. The van der Waals surface area contributed by atoms with Gasteiger partial charge in [-0.2, -0.15) is 13.2 Å². The maximum atomic E-state index is 12.9.